The highest BCUT2D eigenvalue weighted by Gasteiger charge is 2.23. The molecule has 1 saturated carbocycles. The van der Waals surface area contributed by atoms with Gasteiger partial charge in [0, 0.05) is 20.2 Å². The average molecular weight is 319 g/mol. The van der Waals surface area contributed by atoms with Crippen LogP contribution in [-0.4, -0.2) is 39.5 Å². The molecule has 2 rings (SSSR count). The average Bonchev–Trinajstić information content (AvgIpc) is 3.21. The molecule has 0 aliphatic heterocycles. The van der Waals surface area contributed by atoms with Gasteiger partial charge in [-0.25, -0.2) is 8.42 Å². The Labute approximate surface area is 124 Å². The van der Waals surface area contributed by atoms with E-state index < -0.39 is 10.0 Å². The second kappa shape index (κ2) is 6.30. The minimum absolute atomic E-state index is 0.140. The van der Waals surface area contributed by atoms with E-state index in [1.165, 1.54) is 42.4 Å². The summed E-state index contributed by atoms with van der Waals surface area (Å²) in [6.07, 6.45) is 2.44. The lowest BCUT2D eigenvalue weighted by molar-refractivity contribution is 0.117. The van der Waals surface area contributed by atoms with Crippen LogP contribution >= 0.6 is 11.6 Å². The number of hydrogen-bond acceptors (Lipinski definition) is 4. The van der Waals surface area contributed by atoms with Gasteiger partial charge in [0.1, 0.15) is 0 Å². The maximum atomic E-state index is 12.3. The number of hydrogen-bond donors (Lipinski definition) is 1. The molecule has 20 heavy (non-hydrogen) atoms. The van der Waals surface area contributed by atoms with Crippen LogP contribution in [-0.2, 0) is 14.8 Å². The van der Waals surface area contributed by atoms with Crippen molar-refractivity contribution in [3.05, 3.63) is 23.2 Å². The molecular formula is C13H19ClN2O3S. The van der Waals surface area contributed by atoms with E-state index in [-0.39, 0.29) is 9.92 Å². The van der Waals surface area contributed by atoms with Crippen LogP contribution in [0.4, 0.5) is 5.69 Å². The minimum atomic E-state index is -3.55. The summed E-state index contributed by atoms with van der Waals surface area (Å²) < 4.78 is 31.3. The SMILES string of the molecule is CN(CCOCC1CC1)S(=O)(=O)c1ccc(N)c(Cl)c1. The Hall–Kier alpha value is -0.820. The van der Waals surface area contributed by atoms with Crippen LogP contribution in [0, 0.1) is 5.92 Å². The number of rotatable bonds is 7. The monoisotopic (exact) mass is 318 g/mol. The quantitative estimate of drug-likeness (QED) is 0.616. The van der Waals surface area contributed by atoms with E-state index >= 15 is 0 Å². The molecule has 1 aromatic rings. The molecule has 112 valence electrons. The van der Waals surface area contributed by atoms with Crippen molar-refractivity contribution in [2.45, 2.75) is 17.7 Å². The Bertz CT molecular complexity index is 573. The van der Waals surface area contributed by atoms with E-state index in [9.17, 15) is 8.42 Å². The molecule has 0 bridgehead atoms. The van der Waals surface area contributed by atoms with Gasteiger partial charge in [-0.3, -0.25) is 0 Å². The smallest absolute Gasteiger partial charge is 0.242 e. The van der Waals surface area contributed by atoms with Crippen molar-refractivity contribution in [3.8, 4) is 0 Å². The first kappa shape index (κ1) is 15.6. The first-order chi connectivity index (χ1) is 9.41. The molecule has 2 N–H and O–H groups in total. The number of nitrogens with two attached hydrogens (primary N) is 1. The molecule has 0 atom stereocenters. The van der Waals surface area contributed by atoms with Gasteiger partial charge in [-0.2, -0.15) is 4.31 Å². The minimum Gasteiger partial charge on any atom is -0.398 e. The Kier molecular flexibility index (Phi) is 4.90. The number of benzene rings is 1. The Morgan fingerprint density at radius 3 is 2.75 bits per heavy atom. The van der Waals surface area contributed by atoms with Crippen molar-refractivity contribution in [2.24, 2.45) is 5.92 Å². The predicted octanol–water partition coefficient (Wildman–Crippen LogP) is 1.97. The van der Waals surface area contributed by atoms with Gasteiger partial charge in [0.15, 0.2) is 0 Å². The van der Waals surface area contributed by atoms with E-state index in [0.717, 1.165) is 6.61 Å². The fraction of sp³-hybridized carbons (Fsp3) is 0.538. The van der Waals surface area contributed by atoms with Crippen molar-refractivity contribution >= 4 is 27.3 Å². The molecular weight excluding hydrogens is 300 g/mol. The van der Waals surface area contributed by atoms with Gasteiger partial charge in [-0.15, -0.1) is 0 Å². The highest BCUT2D eigenvalue weighted by Crippen LogP contribution is 2.28. The first-order valence-corrected chi connectivity index (χ1v) is 8.32. The number of anilines is 1. The van der Waals surface area contributed by atoms with Gasteiger partial charge in [0.25, 0.3) is 0 Å². The summed E-state index contributed by atoms with van der Waals surface area (Å²) in [4.78, 5) is 0.140. The summed E-state index contributed by atoms with van der Waals surface area (Å²) >= 11 is 5.86. The molecule has 0 unspecified atom stereocenters. The number of likely N-dealkylation sites (N-methyl/N-ethyl adjacent to an activating group) is 1. The summed E-state index contributed by atoms with van der Waals surface area (Å²) in [7, 11) is -2.02. The van der Waals surface area contributed by atoms with Crippen LogP contribution in [0.25, 0.3) is 0 Å². The molecule has 1 aromatic carbocycles. The predicted molar refractivity (Wildman–Crippen MR) is 79.2 cm³/mol. The molecule has 0 heterocycles. The second-order valence-corrected chi connectivity index (χ2v) is 7.48. The van der Waals surface area contributed by atoms with Crippen molar-refractivity contribution in [3.63, 3.8) is 0 Å². The first-order valence-electron chi connectivity index (χ1n) is 6.50. The zero-order chi connectivity index (χ0) is 14.8. The standard InChI is InChI=1S/C13H19ClN2O3S/c1-16(6-7-19-9-10-2-3-10)20(17,18)11-4-5-13(15)12(14)8-11/h4-5,8,10H,2-3,6-7,9,15H2,1H3. The Morgan fingerprint density at radius 2 is 2.15 bits per heavy atom. The van der Waals surface area contributed by atoms with E-state index in [1.54, 1.807) is 0 Å². The number of ether oxygens (including phenoxy) is 1. The van der Waals surface area contributed by atoms with Gasteiger partial charge in [-0.1, -0.05) is 11.6 Å². The molecule has 0 aromatic heterocycles. The Balaban J connectivity index is 1.94. The van der Waals surface area contributed by atoms with Gasteiger partial charge in [-0.05, 0) is 37.0 Å². The molecule has 0 amide bonds. The second-order valence-electron chi connectivity index (χ2n) is 5.03. The molecule has 1 fully saturated rings. The topological polar surface area (TPSA) is 72.6 Å². The van der Waals surface area contributed by atoms with Crippen LogP contribution in [0.15, 0.2) is 23.1 Å². The molecule has 0 saturated heterocycles. The normalized spacial score (nSPS) is 15.8. The zero-order valence-electron chi connectivity index (χ0n) is 11.4. The van der Waals surface area contributed by atoms with E-state index in [0.29, 0.717) is 24.8 Å². The van der Waals surface area contributed by atoms with Crippen LogP contribution in [0.3, 0.4) is 0 Å². The van der Waals surface area contributed by atoms with Gasteiger partial charge >= 0.3 is 0 Å². The Morgan fingerprint density at radius 1 is 1.45 bits per heavy atom. The van der Waals surface area contributed by atoms with E-state index in [1.807, 2.05) is 0 Å². The zero-order valence-corrected chi connectivity index (χ0v) is 13.0. The number of sulfonamides is 1. The molecule has 1 aliphatic carbocycles. The summed E-state index contributed by atoms with van der Waals surface area (Å²) in [5.74, 6) is 0.674. The molecule has 0 spiro atoms. The summed E-state index contributed by atoms with van der Waals surface area (Å²) in [6, 6.07) is 4.32. The number of nitrogens with zero attached hydrogens (tertiary/aromatic N) is 1. The van der Waals surface area contributed by atoms with E-state index in [2.05, 4.69) is 0 Å². The highest BCUT2D eigenvalue weighted by atomic mass is 35.5. The summed E-state index contributed by atoms with van der Waals surface area (Å²) in [6.45, 7) is 1.44. The number of nitrogen functional groups attached to an aromatic ring is 1. The lowest BCUT2D eigenvalue weighted by atomic mass is 10.3. The maximum Gasteiger partial charge on any atom is 0.242 e. The van der Waals surface area contributed by atoms with Crippen molar-refractivity contribution < 1.29 is 13.2 Å². The third-order valence-corrected chi connectivity index (χ3v) is 5.46. The molecule has 5 nitrogen and oxygen atoms in total. The third-order valence-electron chi connectivity index (χ3n) is 3.28. The van der Waals surface area contributed by atoms with Crippen LogP contribution in [0.2, 0.25) is 5.02 Å². The summed E-state index contributed by atoms with van der Waals surface area (Å²) in [5.41, 5.74) is 5.94. The fourth-order valence-corrected chi connectivity index (χ4v) is 3.12. The fourth-order valence-electron chi connectivity index (χ4n) is 1.70. The van der Waals surface area contributed by atoms with Gasteiger partial charge in [0.2, 0.25) is 10.0 Å². The largest absolute Gasteiger partial charge is 0.398 e. The van der Waals surface area contributed by atoms with Crippen LogP contribution in [0.1, 0.15) is 12.8 Å². The van der Waals surface area contributed by atoms with Crippen molar-refractivity contribution in [1.29, 1.82) is 0 Å². The van der Waals surface area contributed by atoms with Crippen LogP contribution < -0.4 is 5.73 Å². The third kappa shape index (κ3) is 3.85. The summed E-state index contributed by atoms with van der Waals surface area (Å²) in [5, 5.41) is 0.240. The van der Waals surface area contributed by atoms with Gasteiger partial charge in [0.05, 0.1) is 22.2 Å². The maximum absolute atomic E-state index is 12.3. The van der Waals surface area contributed by atoms with Crippen molar-refractivity contribution in [1.82, 2.24) is 4.31 Å². The van der Waals surface area contributed by atoms with Gasteiger partial charge < -0.3 is 10.5 Å². The lowest BCUT2D eigenvalue weighted by Crippen LogP contribution is -2.30. The molecule has 1 aliphatic rings. The molecule has 0 radical (unpaired) electrons. The van der Waals surface area contributed by atoms with E-state index in [4.69, 9.17) is 22.1 Å². The molecule has 7 heteroatoms. The van der Waals surface area contributed by atoms with Crippen molar-refractivity contribution in [2.75, 3.05) is 32.5 Å². The lowest BCUT2D eigenvalue weighted by Gasteiger charge is -2.17. The highest BCUT2D eigenvalue weighted by molar-refractivity contribution is 7.89. The number of halogens is 1. The van der Waals surface area contributed by atoms with Crippen LogP contribution in [0.5, 0.6) is 0 Å².